The summed E-state index contributed by atoms with van der Waals surface area (Å²) in [7, 11) is 0. The highest BCUT2D eigenvalue weighted by Crippen LogP contribution is 2.34. The first-order valence-corrected chi connectivity index (χ1v) is 14.4. The highest BCUT2D eigenvalue weighted by Gasteiger charge is 2.38. The molecule has 1 aromatic heterocycles. The number of anilines is 2. The maximum Gasteiger partial charge on any atom is 0.490 e. The second kappa shape index (κ2) is 14.3. The number of piperidine rings is 1. The Labute approximate surface area is 264 Å². The van der Waals surface area contributed by atoms with E-state index >= 15 is 0 Å². The topological polar surface area (TPSA) is 130 Å². The molecule has 1 aliphatic heterocycles. The van der Waals surface area contributed by atoms with Crippen LogP contribution in [-0.2, 0) is 10.2 Å². The largest absolute Gasteiger partial charge is 0.490 e. The van der Waals surface area contributed by atoms with Crippen molar-refractivity contribution in [3.8, 4) is 5.75 Å². The third kappa shape index (κ3) is 9.92. The molecule has 4 rings (SSSR count). The maximum atomic E-state index is 13.6. The average Bonchev–Trinajstić information content (AvgIpc) is 2.95. The summed E-state index contributed by atoms with van der Waals surface area (Å²) in [5, 5.41) is 16.7. The molecule has 2 amide bonds. The molecule has 0 radical (unpaired) electrons. The van der Waals surface area contributed by atoms with E-state index in [-0.39, 0.29) is 22.8 Å². The number of alkyl halides is 3. The smallest absolute Gasteiger partial charge is 0.489 e. The number of carboxylic acid groups (broad SMARTS) is 1. The first-order chi connectivity index (χ1) is 20.9. The molecule has 2 heterocycles. The second-order valence-corrected chi connectivity index (χ2v) is 12.6. The fourth-order valence-corrected chi connectivity index (χ4v) is 4.52. The summed E-state index contributed by atoms with van der Waals surface area (Å²) in [5.74, 6) is -2.60. The molecule has 9 nitrogen and oxygen atoms in total. The Bertz CT molecular complexity index is 1520. The molecule has 3 aromatic rings. The van der Waals surface area contributed by atoms with E-state index in [4.69, 9.17) is 26.2 Å². The van der Waals surface area contributed by atoms with E-state index < -0.39 is 18.1 Å². The fraction of sp³-hybridized carbons (Fsp3) is 0.375. The third-order valence-corrected chi connectivity index (χ3v) is 7.25. The Balaban J connectivity index is 0.000000707. The standard InChI is InChI=1S/C30H35ClN4O3.C2HF3O2/c1-29(2,3)19-10-12-22(24(16-19)38-25-14-15-32-18-30(25,4)5)28(37)34-23-9-7-6-8-21(23)27(36)35-26-13-11-20(31)17-33-26;3-2(4,5)1(6)7/h6-13,16-17,25,32H,14-15,18H2,1-5H3,(H,34,37)(H,33,35,36);(H,6,7). The number of hydrogen-bond acceptors (Lipinski definition) is 6. The monoisotopic (exact) mass is 648 g/mol. The van der Waals surface area contributed by atoms with Gasteiger partial charge in [-0.3, -0.25) is 9.59 Å². The number of carbonyl (C=O) groups excluding carboxylic acids is 2. The first-order valence-electron chi connectivity index (χ1n) is 14.0. The van der Waals surface area contributed by atoms with Gasteiger partial charge >= 0.3 is 12.1 Å². The molecule has 1 atom stereocenters. The lowest BCUT2D eigenvalue weighted by molar-refractivity contribution is -0.192. The van der Waals surface area contributed by atoms with Crippen LogP contribution < -0.4 is 20.7 Å². The van der Waals surface area contributed by atoms with Crippen LogP contribution in [0, 0.1) is 5.41 Å². The molecule has 13 heteroatoms. The second-order valence-electron chi connectivity index (χ2n) is 12.1. The quantitative estimate of drug-likeness (QED) is 0.228. The van der Waals surface area contributed by atoms with E-state index in [9.17, 15) is 22.8 Å². The first kappa shape index (κ1) is 35.3. The zero-order valence-electron chi connectivity index (χ0n) is 25.5. The van der Waals surface area contributed by atoms with Crippen molar-refractivity contribution in [2.45, 2.75) is 58.7 Å². The van der Waals surface area contributed by atoms with Gasteiger partial charge in [-0.05, 0) is 60.3 Å². The minimum atomic E-state index is -5.08. The minimum Gasteiger partial charge on any atom is -0.489 e. The van der Waals surface area contributed by atoms with Crippen LogP contribution in [0.25, 0.3) is 0 Å². The average molecular weight is 649 g/mol. The van der Waals surface area contributed by atoms with E-state index in [2.05, 4.69) is 55.6 Å². The van der Waals surface area contributed by atoms with Crippen molar-refractivity contribution in [3.05, 3.63) is 82.5 Å². The van der Waals surface area contributed by atoms with Crippen LogP contribution in [0.15, 0.2) is 60.8 Å². The number of pyridine rings is 1. The van der Waals surface area contributed by atoms with E-state index in [1.54, 1.807) is 42.5 Å². The molecule has 1 fully saturated rings. The highest BCUT2D eigenvalue weighted by molar-refractivity contribution is 6.30. The van der Waals surface area contributed by atoms with Gasteiger partial charge in [-0.25, -0.2) is 9.78 Å². The molecule has 242 valence electrons. The van der Waals surface area contributed by atoms with Gasteiger partial charge in [0.25, 0.3) is 11.8 Å². The summed E-state index contributed by atoms with van der Waals surface area (Å²) in [6, 6.07) is 15.9. The van der Waals surface area contributed by atoms with Crippen LogP contribution in [0.4, 0.5) is 24.7 Å². The number of nitrogens with one attached hydrogen (secondary N) is 3. The lowest BCUT2D eigenvalue weighted by atomic mass is 9.82. The number of aromatic nitrogens is 1. The van der Waals surface area contributed by atoms with Gasteiger partial charge in [0.2, 0.25) is 0 Å². The molecule has 0 spiro atoms. The number of carboxylic acids is 1. The van der Waals surface area contributed by atoms with Gasteiger partial charge in [-0.15, -0.1) is 0 Å². The number of carbonyl (C=O) groups is 3. The van der Waals surface area contributed by atoms with Gasteiger partial charge in [0.05, 0.1) is 21.8 Å². The van der Waals surface area contributed by atoms with Crippen molar-refractivity contribution in [3.63, 3.8) is 0 Å². The Morgan fingerprint density at radius 2 is 1.64 bits per heavy atom. The van der Waals surface area contributed by atoms with E-state index in [1.165, 1.54) is 6.20 Å². The molecule has 0 saturated carbocycles. The van der Waals surface area contributed by atoms with Crippen LogP contribution in [0.1, 0.15) is 67.3 Å². The Morgan fingerprint density at radius 3 is 2.22 bits per heavy atom. The number of benzene rings is 2. The van der Waals surface area contributed by atoms with E-state index in [1.807, 2.05) is 12.1 Å². The van der Waals surface area contributed by atoms with Gasteiger partial charge in [0.1, 0.15) is 17.7 Å². The lowest BCUT2D eigenvalue weighted by Crippen LogP contribution is -2.49. The van der Waals surface area contributed by atoms with Gasteiger partial charge < -0.3 is 25.8 Å². The predicted molar refractivity (Wildman–Crippen MR) is 166 cm³/mol. The summed E-state index contributed by atoms with van der Waals surface area (Å²) >= 11 is 5.89. The zero-order chi connectivity index (χ0) is 33.6. The van der Waals surface area contributed by atoms with Gasteiger partial charge in [-0.2, -0.15) is 13.2 Å². The molecule has 1 saturated heterocycles. The van der Waals surface area contributed by atoms with E-state index in [0.29, 0.717) is 33.4 Å². The van der Waals surface area contributed by atoms with Crippen molar-refractivity contribution in [1.82, 2.24) is 10.3 Å². The molecule has 0 bridgehead atoms. The van der Waals surface area contributed by atoms with Crippen molar-refractivity contribution in [1.29, 1.82) is 0 Å². The van der Waals surface area contributed by atoms with Crippen molar-refractivity contribution >= 4 is 40.9 Å². The molecular formula is C32H36ClF3N4O5. The molecule has 2 aromatic carbocycles. The summed E-state index contributed by atoms with van der Waals surface area (Å²) in [5.41, 5.74) is 1.98. The summed E-state index contributed by atoms with van der Waals surface area (Å²) in [4.78, 5) is 39.6. The van der Waals surface area contributed by atoms with Crippen LogP contribution in [0.2, 0.25) is 5.02 Å². The molecule has 0 aliphatic carbocycles. The summed E-state index contributed by atoms with van der Waals surface area (Å²) in [6.07, 6.45) is -2.83. The minimum absolute atomic E-state index is 0.0459. The molecule has 1 aliphatic rings. The Kier molecular flexibility index (Phi) is 11.2. The molecule has 4 N–H and O–H groups in total. The number of aliphatic carboxylic acids is 1. The van der Waals surface area contributed by atoms with Gasteiger partial charge in [-0.1, -0.05) is 64.4 Å². The van der Waals surface area contributed by atoms with E-state index in [0.717, 1.165) is 25.1 Å². The molecule has 45 heavy (non-hydrogen) atoms. The molecule has 1 unspecified atom stereocenters. The zero-order valence-corrected chi connectivity index (χ0v) is 26.3. The van der Waals surface area contributed by atoms with Crippen LogP contribution >= 0.6 is 11.6 Å². The SMILES string of the molecule is CC(C)(C)c1ccc(C(=O)Nc2ccccc2C(=O)Nc2ccc(Cl)cn2)c(OC2CCNCC2(C)C)c1.O=C(O)C(F)(F)F. The third-order valence-electron chi connectivity index (χ3n) is 7.03. The van der Waals surface area contributed by atoms with Crippen LogP contribution in [0.5, 0.6) is 5.75 Å². The number of rotatable bonds is 6. The van der Waals surface area contributed by atoms with Crippen molar-refractivity contribution < 1.29 is 37.4 Å². The number of nitrogens with zero attached hydrogens (tertiary/aromatic N) is 1. The number of halogens is 4. The summed E-state index contributed by atoms with van der Waals surface area (Å²) in [6.45, 7) is 12.4. The Hall–Kier alpha value is -4.16. The number of hydrogen-bond donors (Lipinski definition) is 4. The summed E-state index contributed by atoms with van der Waals surface area (Å²) < 4.78 is 38.3. The Morgan fingerprint density at radius 1 is 1.00 bits per heavy atom. The normalized spacial score (nSPS) is 16.1. The predicted octanol–water partition coefficient (Wildman–Crippen LogP) is 6.94. The lowest BCUT2D eigenvalue weighted by Gasteiger charge is -2.39. The number of ether oxygens (including phenoxy) is 1. The van der Waals surface area contributed by atoms with Gasteiger partial charge in [0.15, 0.2) is 0 Å². The van der Waals surface area contributed by atoms with Crippen LogP contribution in [-0.4, -0.2) is 53.2 Å². The maximum absolute atomic E-state index is 13.6. The fourth-order valence-electron chi connectivity index (χ4n) is 4.41. The number of para-hydroxylation sites is 1. The van der Waals surface area contributed by atoms with Crippen molar-refractivity contribution in [2.24, 2.45) is 5.41 Å². The van der Waals surface area contributed by atoms with Crippen LogP contribution in [0.3, 0.4) is 0 Å². The van der Waals surface area contributed by atoms with Crippen molar-refractivity contribution in [2.75, 3.05) is 23.7 Å². The highest BCUT2D eigenvalue weighted by atomic mass is 35.5. The molecular weight excluding hydrogens is 613 g/mol. The number of amides is 2. The van der Waals surface area contributed by atoms with Gasteiger partial charge in [0, 0.05) is 18.2 Å².